The Labute approximate surface area is 178 Å². The molecule has 11 nitrogen and oxygen atoms in total. The van der Waals surface area contributed by atoms with E-state index < -0.39 is 56.2 Å². The minimum atomic E-state index is -4.38. The monoisotopic (exact) mass is 482 g/mol. The van der Waals surface area contributed by atoms with Gasteiger partial charge in [0.15, 0.2) is 23.1 Å². The second-order valence-corrected chi connectivity index (χ2v) is 12.0. The van der Waals surface area contributed by atoms with Crippen molar-refractivity contribution in [1.29, 1.82) is 0 Å². The van der Waals surface area contributed by atoms with Crippen LogP contribution in [0.5, 0.6) is 0 Å². The number of rotatable bonds is 8. The van der Waals surface area contributed by atoms with Crippen LogP contribution in [0, 0.1) is 0 Å². The van der Waals surface area contributed by atoms with E-state index in [-0.39, 0.29) is 14.5 Å². The molecule has 0 saturated heterocycles. The molecule has 1 aromatic heterocycles. The summed E-state index contributed by atoms with van der Waals surface area (Å²) in [5, 5.41) is 2.45. The number of hydrogen-bond acceptors (Lipinski definition) is 11. The maximum atomic E-state index is 12.6. The van der Waals surface area contributed by atoms with Gasteiger partial charge < -0.3 is 14.8 Å². The van der Waals surface area contributed by atoms with Crippen LogP contribution in [0.3, 0.4) is 0 Å². The zero-order valence-corrected chi connectivity index (χ0v) is 18.9. The van der Waals surface area contributed by atoms with Gasteiger partial charge in [-0.15, -0.1) is 11.3 Å². The van der Waals surface area contributed by atoms with Gasteiger partial charge in [0.25, 0.3) is 15.9 Å². The number of sulfone groups is 1. The van der Waals surface area contributed by atoms with Crippen LogP contribution in [0.25, 0.3) is 0 Å². The average Bonchev–Trinajstić information content (AvgIpc) is 3.10. The van der Waals surface area contributed by atoms with Gasteiger partial charge in [0.1, 0.15) is 8.42 Å². The molecule has 2 heterocycles. The van der Waals surface area contributed by atoms with Crippen LogP contribution in [0.1, 0.15) is 38.8 Å². The van der Waals surface area contributed by atoms with Crippen LogP contribution >= 0.6 is 11.3 Å². The molecule has 0 spiro atoms. The van der Waals surface area contributed by atoms with Crippen LogP contribution in [-0.4, -0.2) is 59.7 Å². The number of esters is 2. The number of ether oxygens (including phenoxy) is 2. The van der Waals surface area contributed by atoms with Gasteiger partial charge in [0.05, 0.1) is 5.25 Å². The van der Waals surface area contributed by atoms with Crippen LogP contribution in [0.2, 0.25) is 0 Å². The summed E-state index contributed by atoms with van der Waals surface area (Å²) in [4.78, 5) is 33.8. The van der Waals surface area contributed by atoms with Crippen LogP contribution in [0.4, 0.5) is 0 Å². The van der Waals surface area contributed by atoms with E-state index in [1.807, 2.05) is 6.92 Å². The summed E-state index contributed by atoms with van der Waals surface area (Å²) in [6, 6.07) is 0.903. The van der Waals surface area contributed by atoms with Crippen molar-refractivity contribution in [2.75, 3.05) is 19.8 Å². The van der Waals surface area contributed by atoms with E-state index in [1.165, 1.54) is 6.07 Å². The summed E-state index contributed by atoms with van der Waals surface area (Å²) in [6.45, 7) is 3.41. The molecule has 1 aromatic rings. The van der Waals surface area contributed by atoms with Crippen molar-refractivity contribution in [3.05, 3.63) is 11.6 Å². The van der Waals surface area contributed by atoms with Gasteiger partial charge in [-0.2, -0.15) is 0 Å². The highest BCUT2D eigenvalue weighted by molar-refractivity contribution is 7.95. The molecular weight excluding hydrogens is 460 g/mol. The third kappa shape index (κ3) is 5.56. The van der Waals surface area contributed by atoms with Crippen molar-refractivity contribution in [2.45, 2.75) is 46.9 Å². The summed E-state index contributed by atoms with van der Waals surface area (Å²) >= 11 is 0.564. The van der Waals surface area contributed by atoms with E-state index in [1.54, 1.807) is 11.6 Å². The number of amides is 1. The van der Waals surface area contributed by atoms with E-state index in [4.69, 9.17) is 0 Å². The van der Waals surface area contributed by atoms with E-state index in [2.05, 4.69) is 14.8 Å². The molecule has 14 heteroatoms. The minimum Gasteiger partial charge on any atom is -0.454 e. The fourth-order valence-electron chi connectivity index (χ4n) is 2.75. The molecule has 0 saturated carbocycles. The molecule has 1 amide bonds. The fourth-order valence-corrected chi connectivity index (χ4v) is 7.72. The number of sulfonamides is 1. The number of carbonyl (C=O) groups is 3. The normalized spacial score (nSPS) is 20.1. The molecule has 2 rings (SSSR count). The van der Waals surface area contributed by atoms with Crippen LogP contribution < -0.4 is 10.0 Å². The van der Waals surface area contributed by atoms with Crippen molar-refractivity contribution in [3.8, 4) is 0 Å². The molecular formula is C16H22N2O9S3. The highest BCUT2D eigenvalue weighted by Crippen LogP contribution is 2.42. The highest BCUT2D eigenvalue weighted by Gasteiger charge is 2.39. The molecule has 1 aliphatic heterocycles. The predicted molar refractivity (Wildman–Crippen MR) is 105 cm³/mol. The fraction of sp³-hybridized carbons (Fsp3) is 0.562. The third-order valence-corrected chi connectivity index (χ3v) is 9.90. The Bertz CT molecular complexity index is 1040. The van der Waals surface area contributed by atoms with Crippen molar-refractivity contribution in [3.63, 3.8) is 0 Å². The summed E-state index contributed by atoms with van der Waals surface area (Å²) in [5.74, 6) is -2.89. The first-order chi connectivity index (χ1) is 13.9. The van der Waals surface area contributed by atoms with E-state index in [9.17, 15) is 31.2 Å². The quantitative estimate of drug-likeness (QED) is 0.478. The summed E-state index contributed by atoms with van der Waals surface area (Å²) in [5.41, 5.74) is 0.348. The Balaban J connectivity index is 2.15. The molecule has 168 valence electrons. The predicted octanol–water partition coefficient (Wildman–Crippen LogP) is -0.124. The van der Waals surface area contributed by atoms with E-state index >= 15 is 0 Å². The standard InChI is InChI=1S/C16H22N2O9S3/c1-4-17-12-5-9(2)29(22,23)16-11(12)6-15(28-16)30(24,25)18-13(20)7-27-14(21)8-26-10(3)19/h6,9,12,17H,4-5,7-8H2,1-3H3,(H,18,20)/t9-,12-/m0/s1. The number of nitrogens with one attached hydrogen (secondary N) is 2. The van der Waals surface area contributed by atoms with Gasteiger partial charge in [0.2, 0.25) is 0 Å². The molecule has 0 aromatic carbocycles. The average molecular weight is 483 g/mol. The Morgan fingerprint density at radius 3 is 2.50 bits per heavy atom. The molecule has 0 aliphatic carbocycles. The van der Waals surface area contributed by atoms with Crippen molar-refractivity contribution < 1.29 is 40.7 Å². The number of thiophene rings is 1. The Morgan fingerprint density at radius 1 is 1.23 bits per heavy atom. The van der Waals surface area contributed by atoms with Gasteiger partial charge >= 0.3 is 11.9 Å². The maximum Gasteiger partial charge on any atom is 0.344 e. The molecule has 0 fully saturated rings. The topological polar surface area (TPSA) is 162 Å². The lowest BCUT2D eigenvalue weighted by molar-refractivity contribution is -0.159. The molecule has 0 radical (unpaired) electrons. The zero-order valence-electron chi connectivity index (χ0n) is 16.5. The Morgan fingerprint density at radius 2 is 1.90 bits per heavy atom. The van der Waals surface area contributed by atoms with Crippen molar-refractivity contribution in [1.82, 2.24) is 10.0 Å². The van der Waals surface area contributed by atoms with Gasteiger partial charge in [-0.1, -0.05) is 6.92 Å². The molecule has 0 bridgehead atoms. The number of carbonyl (C=O) groups excluding carboxylic acids is 3. The third-order valence-electron chi connectivity index (χ3n) is 4.15. The summed E-state index contributed by atoms with van der Waals surface area (Å²) in [6.07, 6.45) is 0.296. The second kappa shape index (κ2) is 9.41. The lowest BCUT2D eigenvalue weighted by Crippen LogP contribution is -2.34. The summed E-state index contributed by atoms with van der Waals surface area (Å²) in [7, 11) is -8.07. The Hall–Kier alpha value is -2.03. The first-order valence-electron chi connectivity index (χ1n) is 8.84. The molecule has 30 heavy (non-hydrogen) atoms. The molecule has 2 N–H and O–H groups in total. The zero-order chi connectivity index (χ0) is 22.7. The van der Waals surface area contributed by atoms with Crippen LogP contribution in [0.15, 0.2) is 14.5 Å². The van der Waals surface area contributed by atoms with Crippen molar-refractivity contribution in [2.24, 2.45) is 0 Å². The smallest absolute Gasteiger partial charge is 0.344 e. The van der Waals surface area contributed by atoms with Gasteiger partial charge in [-0.3, -0.25) is 9.59 Å². The van der Waals surface area contributed by atoms with Gasteiger partial charge in [0, 0.05) is 18.5 Å². The number of hydrogen-bond donors (Lipinski definition) is 2. The highest BCUT2D eigenvalue weighted by atomic mass is 32.3. The largest absolute Gasteiger partial charge is 0.454 e. The van der Waals surface area contributed by atoms with Crippen LogP contribution in [-0.2, 0) is 43.7 Å². The Kier molecular flexibility index (Phi) is 7.60. The lowest BCUT2D eigenvalue weighted by Gasteiger charge is -2.27. The minimum absolute atomic E-state index is 0.0483. The molecule has 1 aliphatic rings. The maximum absolute atomic E-state index is 12.6. The summed E-state index contributed by atoms with van der Waals surface area (Å²) < 4.78 is 60.5. The van der Waals surface area contributed by atoms with E-state index in [0.29, 0.717) is 29.9 Å². The molecule has 2 atom stereocenters. The lowest BCUT2D eigenvalue weighted by atomic mass is 10.1. The first-order valence-corrected chi connectivity index (χ1v) is 12.7. The van der Waals surface area contributed by atoms with Gasteiger partial charge in [-0.25, -0.2) is 26.4 Å². The van der Waals surface area contributed by atoms with Crippen molar-refractivity contribution >= 4 is 49.0 Å². The first kappa shape index (κ1) is 24.2. The number of fused-ring (bicyclic) bond motifs is 1. The SMILES string of the molecule is CCN[C@H]1C[C@H](C)S(=O)(=O)c2sc(S(=O)(=O)NC(=O)COC(=O)COC(C)=O)cc21. The molecule has 0 unspecified atom stereocenters. The van der Waals surface area contributed by atoms with Gasteiger partial charge in [-0.05, 0) is 26.0 Å². The van der Waals surface area contributed by atoms with E-state index in [0.717, 1.165) is 6.92 Å². The second-order valence-electron chi connectivity index (χ2n) is 6.48.